The van der Waals surface area contributed by atoms with Gasteiger partial charge < -0.3 is 14.8 Å². The Labute approximate surface area is 136 Å². The third-order valence-corrected chi connectivity index (χ3v) is 3.63. The number of rotatable bonds is 5. The van der Waals surface area contributed by atoms with E-state index in [4.69, 9.17) is 4.42 Å². The molecule has 1 unspecified atom stereocenters. The lowest BCUT2D eigenvalue weighted by molar-refractivity contribution is -0.402. The van der Waals surface area contributed by atoms with Crippen LogP contribution in [0.25, 0.3) is 10.8 Å². The van der Waals surface area contributed by atoms with Crippen molar-refractivity contribution in [2.45, 2.75) is 6.10 Å². The molecule has 2 N–H and O–H groups in total. The number of hydrogen-bond acceptors (Lipinski definition) is 5. The van der Waals surface area contributed by atoms with Gasteiger partial charge in [-0.2, -0.15) is 0 Å². The smallest absolute Gasteiger partial charge is 0.395 e. The minimum Gasteiger partial charge on any atom is -0.395 e. The van der Waals surface area contributed by atoms with Gasteiger partial charge in [-0.1, -0.05) is 42.5 Å². The number of carbonyl (C=O) groups excluding carboxylic acids is 1. The predicted octanol–water partition coefficient (Wildman–Crippen LogP) is 2.80. The molecule has 2 aromatic carbocycles. The molecule has 0 spiro atoms. The summed E-state index contributed by atoms with van der Waals surface area (Å²) in [6, 6.07) is 15.5. The summed E-state index contributed by atoms with van der Waals surface area (Å²) in [5, 5.41) is 25.3. The summed E-state index contributed by atoms with van der Waals surface area (Å²) in [6.45, 7) is -0.0403. The van der Waals surface area contributed by atoms with E-state index in [2.05, 4.69) is 5.32 Å². The molecular weight excluding hydrogens is 312 g/mol. The van der Waals surface area contributed by atoms with Crippen molar-refractivity contribution in [2.75, 3.05) is 6.54 Å². The van der Waals surface area contributed by atoms with Crippen molar-refractivity contribution < 1.29 is 19.2 Å². The van der Waals surface area contributed by atoms with Crippen LogP contribution in [0.15, 0.2) is 59.0 Å². The second-order valence-electron chi connectivity index (χ2n) is 5.19. The fourth-order valence-corrected chi connectivity index (χ4v) is 2.48. The zero-order valence-electron chi connectivity index (χ0n) is 12.5. The van der Waals surface area contributed by atoms with Crippen molar-refractivity contribution in [3.63, 3.8) is 0 Å². The number of hydrogen-bond donors (Lipinski definition) is 2. The van der Waals surface area contributed by atoms with Crippen molar-refractivity contribution in [1.29, 1.82) is 0 Å². The van der Waals surface area contributed by atoms with Crippen molar-refractivity contribution in [3.05, 3.63) is 76.0 Å². The number of fused-ring (bicyclic) bond motifs is 1. The maximum atomic E-state index is 11.9. The van der Waals surface area contributed by atoms with Gasteiger partial charge in [0.25, 0.3) is 5.91 Å². The van der Waals surface area contributed by atoms with Crippen LogP contribution >= 0.6 is 0 Å². The topological polar surface area (TPSA) is 106 Å². The lowest BCUT2D eigenvalue weighted by Gasteiger charge is -2.14. The zero-order valence-corrected chi connectivity index (χ0v) is 12.5. The average Bonchev–Trinajstić information content (AvgIpc) is 3.09. The fourth-order valence-electron chi connectivity index (χ4n) is 2.48. The highest BCUT2D eigenvalue weighted by atomic mass is 16.6. The molecule has 0 fully saturated rings. The molecule has 0 aliphatic heterocycles. The molecule has 1 aromatic heterocycles. The van der Waals surface area contributed by atoms with E-state index >= 15 is 0 Å². The molecule has 1 heterocycles. The molecule has 0 bridgehead atoms. The largest absolute Gasteiger partial charge is 0.433 e. The van der Waals surface area contributed by atoms with Crippen molar-refractivity contribution in [3.8, 4) is 0 Å². The number of nitro groups is 1. The average molecular weight is 326 g/mol. The lowest BCUT2D eigenvalue weighted by atomic mass is 10.0. The Hall–Kier alpha value is -3.19. The number of nitrogens with zero attached hydrogens (tertiary/aromatic N) is 1. The van der Waals surface area contributed by atoms with Gasteiger partial charge in [0.2, 0.25) is 0 Å². The van der Waals surface area contributed by atoms with E-state index in [1.54, 1.807) is 6.07 Å². The summed E-state index contributed by atoms with van der Waals surface area (Å²) in [4.78, 5) is 21.8. The molecule has 0 aliphatic carbocycles. The number of nitrogens with one attached hydrogen (secondary N) is 1. The van der Waals surface area contributed by atoms with E-state index in [1.165, 1.54) is 6.07 Å². The van der Waals surface area contributed by atoms with Crippen molar-refractivity contribution >= 4 is 22.6 Å². The van der Waals surface area contributed by atoms with Crippen LogP contribution in [0.3, 0.4) is 0 Å². The summed E-state index contributed by atoms with van der Waals surface area (Å²) in [5.41, 5.74) is 0.693. The van der Waals surface area contributed by atoms with Crippen LogP contribution in [-0.4, -0.2) is 22.5 Å². The Balaban J connectivity index is 1.71. The van der Waals surface area contributed by atoms with Gasteiger partial charge in [0.05, 0.1) is 12.2 Å². The van der Waals surface area contributed by atoms with E-state index in [9.17, 15) is 20.0 Å². The van der Waals surface area contributed by atoms with E-state index in [1.807, 2.05) is 36.4 Å². The number of carbonyl (C=O) groups is 1. The predicted molar refractivity (Wildman–Crippen MR) is 86.6 cm³/mol. The molecule has 7 nitrogen and oxygen atoms in total. The Morgan fingerprint density at radius 1 is 1.17 bits per heavy atom. The molecule has 7 heteroatoms. The molecule has 3 aromatic rings. The molecule has 0 radical (unpaired) electrons. The van der Waals surface area contributed by atoms with Crippen LogP contribution < -0.4 is 5.32 Å². The first-order valence-electron chi connectivity index (χ1n) is 7.24. The molecule has 1 amide bonds. The minimum atomic E-state index is -0.912. The Bertz CT molecular complexity index is 897. The Morgan fingerprint density at radius 2 is 1.92 bits per heavy atom. The molecule has 1 atom stereocenters. The number of furan rings is 1. The molecular formula is C17H14N2O5. The third-order valence-electron chi connectivity index (χ3n) is 3.63. The maximum absolute atomic E-state index is 11.9. The fraction of sp³-hybridized carbons (Fsp3) is 0.118. The molecule has 0 saturated carbocycles. The van der Waals surface area contributed by atoms with Gasteiger partial charge in [-0.3, -0.25) is 14.9 Å². The minimum absolute atomic E-state index is 0.0403. The summed E-state index contributed by atoms with van der Waals surface area (Å²) < 4.78 is 4.82. The van der Waals surface area contributed by atoms with E-state index < -0.39 is 22.8 Å². The van der Waals surface area contributed by atoms with Crippen LogP contribution in [-0.2, 0) is 0 Å². The number of amides is 1. The highest BCUT2D eigenvalue weighted by Crippen LogP contribution is 2.24. The quantitative estimate of drug-likeness (QED) is 0.554. The number of aliphatic hydroxyl groups is 1. The van der Waals surface area contributed by atoms with Gasteiger partial charge in [0.15, 0.2) is 5.76 Å². The Kier molecular flexibility index (Phi) is 4.26. The SMILES string of the molecule is O=C(NCC(O)c1cccc2ccccc12)c1ccc([N+](=O)[O-])o1. The highest BCUT2D eigenvalue weighted by Gasteiger charge is 2.18. The summed E-state index contributed by atoms with van der Waals surface area (Å²) >= 11 is 0. The molecule has 0 aliphatic rings. The van der Waals surface area contributed by atoms with Crippen LogP contribution in [0, 0.1) is 10.1 Å². The first-order valence-corrected chi connectivity index (χ1v) is 7.24. The third kappa shape index (κ3) is 3.11. The van der Waals surface area contributed by atoms with Gasteiger partial charge >= 0.3 is 5.88 Å². The van der Waals surface area contributed by atoms with Gasteiger partial charge in [0, 0.05) is 6.54 Å². The Morgan fingerprint density at radius 3 is 2.67 bits per heavy atom. The van der Waals surface area contributed by atoms with Gasteiger partial charge in [-0.15, -0.1) is 0 Å². The maximum Gasteiger partial charge on any atom is 0.433 e. The van der Waals surface area contributed by atoms with Gasteiger partial charge in [-0.05, 0) is 22.4 Å². The molecule has 0 saturated heterocycles. The van der Waals surface area contributed by atoms with Gasteiger partial charge in [0.1, 0.15) is 4.92 Å². The normalized spacial score (nSPS) is 12.0. The van der Waals surface area contributed by atoms with Crippen LogP contribution in [0.1, 0.15) is 22.2 Å². The monoisotopic (exact) mass is 326 g/mol. The first-order chi connectivity index (χ1) is 11.6. The van der Waals surface area contributed by atoms with Crippen molar-refractivity contribution in [1.82, 2.24) is 5.32 Å². The zero-order chi connectivity index (χ0) is 17.1. The highest BCUT2D eigenvalue weighted by molar-refractivity contribution is 5.92. The number of benzene rings is 2. The molecule has 122 valence electrons. The molecule has 24 heavy (non-hydrogen) atoms. The standard InChI is InChI=1S/C17H14N2O5/c20-14(13-7-3-5-11-4-1-2-6-12(11)13)10-18-17(21)15-8-9-16(24-15)19(22)23/h1-9,14,20H,10H2,(H,18,21). The summed E-state index contributed by atoms with van der Waals surface area (Å²) in [5.74, 6) is -1.30. The second kappa shape index (κ2) is 6.51. The van der Waals surface area contributed by atoms with Crippen molar-refractivity contribution in [2.24, 2.45) is 0 Å². The molecule has 3 rings (SSSR count). The first kappa shape index (κ1) is 15.7. The number of aliphatic hydroxyl groups excluding tert-OH is 1. The van der Waals surface area contributed by atoms with Crippen LogP contribution in [0.5, 0.6) is 0 Å². The summed E-state index contributed by atoms with van der Waals surface area (Å²) in [7, 11) is 0. The van der Waals surface area contributed by atoms with E-state index in [-0.39, 0.29) is 12.3 Å². The second-order valence-corrected chi connectivity index (χ2v) is 5.19. The van der Waals surface area contributed by atoms with Crippen LogP contribution in [0.4, 0.5) is 5.88 Å². The van der Waals surface area contributed by atoms with E-state index in [0.717, 1.165) is 16.8 Å². The van der Waals surface area contributed by atoms with E-state index in [0.29, 0.717) is 5.56 Å². The van der Waals surface area contributed by atoms with Gasteiger partial charge in [-0.25, -0.2) is 0 Å². The summed E-state index contributed by atoms with van der Waals surface area (Å²) in [6.07, 6.45) is -0.912. The van der Waals surface area contributed by atoms with Crippen LogP contribution in [0.2, 0.25) is 0 Å². The lowest BCUT2D eigenvalue weighted by Crippen LogP contribution is -2.28.